The highest BCUT2D eigenvalue weighted by atomic mass is 16.5. The predicted octanol–water partition coefficient (Wildman–Crippen LogP) is 4.19. The number of rotatable bonds is 9. The van der Waals surface area contributed by atoms with Crippen molar-refractivity contribution in [3.8, 4) is 23.0 Å². The van der Waals surface area contributed by atoms with Crippen molar-refractivity contribution in [2.75, 3.05) is 28.4 Å². The lowest BCUT2D eigenvalue weighted by molar-refractivity contribution is -0.148. The summed E-state index contributed by atoms with van der Waals surface area (Å²) in [7, 11) is 6.35. The zero-order chi connectivity index (χ0) is 20.7. The highest BCUT2D eigenvalue weighted by Gasteiger charge is 2.31. The second-order valence-electron chi connectivity index (χ2n) is 6.19. The van der Waals surface area contributed by atoms with Crippen LogP contribution in [0.25, 0.3) is 0 Å². The fourth-order valence-electron chi connectivity index (χ4n) is 3.35. The first-order chi connectivity index (χ1) is 13.5. The van der Waals surface area contributed by atoms with Gasteiger partial charge in [0.15, 0.2) is 23.0 Å². The second-order valence-corrected chi connectivity index (χ2v) is 6.19. The molecule has 0 aliphatic rings. The molecular weight excluding hydrogens is 360 g/mol. The van der Waals surface area contributed by atoms with Gasteiger partial charge >= 0.3 is 5.97 Å². The first kappa shape index (κ1) is 21.4. The minimum atomic E-state index is -0.477. The summed E-state index contributed by atoms with van der Waals surface area (Å²) in [6.07, 6.45) is -0.184. The van der Waals surface area contributed by atoms with Crippen molar-refractivity contribution in [3.05, 3.63) is 47.5 Å². The van der Waals surface area contributed by atoms with E-state index in [-0.39, 0.29) is 11.9 Å². The number of carbonyl (C=O) groups excluding carboxylic acids is 1. The lowest BCUT2D eigenvalue weighted by Crippen LogP contribution is -2.24. The van der Waals surface area contributed by atoms with Gasteiger partial charge in [-0.15, -0.1) is 0 Å². The summed E-state index contributed by atoms with van der Waals surface area (Å²) in [6.45, 7) is 3.62. The quantitative estimate of drug-likeness (QED) is 0.600. The lowest BCUT2D eigenvalue weighted by atomic mass is 9.85. The normalized spacial score (nSPS) is 11.7. The van der Waals surface area contributed by atoms with Crippen molar-refractivity contribution >= 4 is 5.97 Å². The predicted molar refractivity (Wildman–Crippen MR) is 107 cm³/mol. The van der Waals surface area contributed by atoms with Crippen LogP contribution in [0.1, 0.15) is 37.3 Å². The lowest BCUT2D eigenvalue weighted by Gasteiger charge is -2.28. The highest BCUT2D eigenvalue weighted by molar-refractivity contribution is 5.69. The van der Waals surface area contributed by atoms with Crippen LogP contribution in [0.2, 0.25) is 0 Å². The molecular formula is C22H28O6. The zero-order valence-electron chi connectivity index (χ0n) is 17.3. The number of esters is 1. The van der Waals surface area contributed by atoms with Gasteiger partial charge in [0.2, 0.25) is 0 Å². The molecule has 0 aromatic heterocycles. The SMILES string of the molecule is CCC(=O)OC(C)C(c1cccc(OC)c1OC)c1cccc(OC)c1OC. The minimum Gasteiger partial charge on any atom is -0.493 e. The number of para-hydroxylation sites is 2. The molecule has 152 valence electrons. The van der Waals surface area contributed by atoms with Gasteiger partial charge in [-0.1, -0.05) is 31.2 Å². The Hall–Kier alpha value is -2.89. The number of benzene rings is 2. The fourth-order valence-corrected chi connectivity index (χ4v) is 3.35. The first-order valence-corrected chi connectivity index (χ1v) is 9.13. The van der Waals surface area contributed by atoms with E-state index < -0.39 is 6.10 Å². The van der Waals surface area contributed by atoms with E-state index in [0.29, 0.717) is 29.4 Å². The fraction of sp³-hybridized carbons (Fsp3) is 0.409. The van der Waals surface area contributed by atoms with Crippen molar-refractivity contribution < 1.29 is 28.5 Å². The Balaban J connectivity index is 2.71. The number of hydrogen-bond donors (Lipinski definition) is 0. The first-order valence-electron chi connectivity index (χ1n) is 9.13. The van der Waals surface area contributed by atoms with Gasteiger partial charge in [-0.3, -0.25) is 4.79 Å². The molecule has 0 spiro atoms. The second kappa shape index (κ2) is 9.88. The molecule has 6 heteroatoms. The maximum Gasteiger partial charge on any atom is 0.305 e. The van der Waals surface area contributed by atoms with Gasteiger partial charge in [-0.05, 0) is 19.1 Å². The van der Waals surface area contributed by atoms with Crippen molar-refractivity contribution in [2.45, 2.75) is 32.3 Å². The van der Waals surface area contributed by atoms with Gasteiger partial charge < -0.3 is 23.7 Å². The number of ether oxygens (including phenoxy) is 5. The minimum absolute atomic E-state index is 0.277. The van der Waals surface area contributed by atoms with Gasteiger partial charge in [-0.2, -0.15) is 0 Å². The Bertz CT molecular complexity index is 746. The average Bonchev–Trinajstić information content (AvgIpc) is 2.73. The number of methoxy groups -OCH3 is 4. The molecule has 0 fully saturated rings. The molecule has 2 rings (SSSR count). The standard InChI is InChI=1S/C22H28O6/c1-7-19(23)28-14(2)20(15-10-8-12-17(24-3)21(15)26-5)16-11-9-13-18(25-4)22(16)27-6/h8-14,20H,7H2,1-6H3. The van der Waals surface area contributed by atoms with Crippen LogP contribution in [0.3, 0.4) is 0 Å². The molecule has 1 atom stereocenters. The van der Waals surface area contributed by atoms with Crippen LogP contribution in [0.5, 0.6) is 23.0 Å². The molecule has 0 heterocycles. The van der Waals surface area contributed by atoms with E-state index in [4.69, 9.17) is 23.7 Å². The Morgan fingerprint density at radius 2 is 1.29 bits per heavy atom. The molecule has 1 unspecified atom stereocenters. The summed E-state index contributed by atoms with van der Waals surface area (Å²) in [5, 5.41) is 0. The van der Waals surface area contributed by atoms with Gasteiger partial charge in [0.05, 0.1) is 34.4 Å². The smallest absolute Gasteiger partial charge is 0.305 e. The Morgan fingerprint density at radius 3 is 1.64 bits per heavy atom. The zero-order valence-corrected chi connectivity index (χ0v) is 17.3. The molecule has 0 aliphatic heterocycles. The summed E-state index contributed by atoms with van der Waals surface area (Å²) in [5.41, 5.74) is 1.65. The average molecular weight is 388 g/mol. The number of hydrogen-bond acceptors (Lipinski definition) is 6. The molecule has 2 aromatic rings. The van der Waals surface area contributed by atoms with E-state index in [1.54, 1.807) is 35.4 Å². The van der Waals surface area contributed by atoms with Gasteiger partial charge in [-0.25, -0.2) is 0 Å². The summed E-state index contributed by atoms with van der Waals surface area (Å²) in [6, 6.07) is 11.3. The van der Waals surface area contributed by atoms with Crippen molar-refractivity contribution in [3.63, 3.8) is 0 Å². The molecule has 0 N–H and O–H groups in total. The molecule has 0 radical (unpaired) electrons. The van der Waals surface area contributed by atoms with Crippen LogP contribution in [-0.2, 0) is 9.53 Å². The summed E-state index contributed by atoms with van der Waals surface area (Å²) >= 11 is 0. The topological polar surface area (TPSA) is 63.2 Å². The molecule has 0 saturated heterocycles. The third-order valence-electron chi connectivity index (χ3n) is 4.61. The molecule has 28 heavy (non-hydrogen) atoms. The molecule has 2 aromatic carbocycles. The van der Waals surface area contributed by atoms with E-state index in [9.17, 15) is 4.79 Å². The van der Waals surface area contributed by atoms with Crippen molar-refractivity contribution in [2.24, 2.45) is 0 Å². The Labute approximate surface area is 166 Å². The van der Waals surface area contributed by atoms with Crippen LogP contribution in [0.15, 0.2) is 36.4 Å². The molecule has 6 nitrogen and oxygen atoms in total. The largest absolute Gasteiger partial charge is 0.493 e. The maximum atomic E-state index is 12.0. The molecule has 0 amide bonds. The van der Waals surface area contributed by atoms with Gasteiger partial charge in [0, 0.05) is 17.5 Å². The number of carbonyl (C=O) groups is 1. The highest BCUT2D eigenvalue weighted by Crippen LogP contribution is 2.45. The van der Waals surface area contributed by atoms with E-state index in [1.165, 1.54) is 0 Å². The third kappa shape index (κ3) is 4.32. The molecule has 0 saturated carbocycles. The third-order valence-corrected chi connectivity index (χ3v) is 4.61. The van der Waals surface area contributed by atoms with E-state index in [1.807, 2.05) is 43.3 Å². The maximum absolute atomic E-state index is 12.0. The Kier molecular flexibility index (Phi) is 7.55. The van der Waals surface area contributed by atoms with Crippen molar-refractivity contribution in [1.29, 1.82) is 0 Å². The van der Waals surface area contributed by atoms with Crippen LogP contribution in [0, 0.1) is 0 Å². The summed E-state index contributed by atoms with van der Waals surface area (Å²) < 4.78 is 27.9. The van der Waals surface area contributed by atoms with Crippen LogP contribution in [-0.4, -0.2) is 40.5 Å². The van der Waals surface area contributed by atoms with Crippen LogP contribution in [0.4, 0.5) is 0 Å². The van der Waals surface area contributed by atoms with E-state index in [2.05, 4.69) is 0 Å². The summed E-state index contributed by atoms with van der Waals surface area (Å²) in [5.74, 6) is 1.73. The van der Waals surface area contributed by atoms with Crippen molar-refractivity contribution in [1.82, 2.24) is 0 Å². The Morgan fingerprint density at radius 1 is 0.821 bits per heavy atom. The monoisotopic (exact) mass is 388 g/mol. The van der Waals surface area contributed by atoms with E-state index >= 15 is 0 Å². The van der Waals surface area contributed by atoms with E-state index in [0.717, 1.165) is 11.1 Å². The summed E-state index contributed by atoms with van der Waals surface area (Å²) in [4.78, 5) is 12.0. The van der Waals surface area contributed by atoms with Crippen LogP contribution >= 0.6 is 0 Å². The van der Waals surface area contributed by atoms with Gasteiger partial charge in [0.25, 0.3) is 0 Å². The molecule has 0 bridgehead atoms. The van der Waals surface area contributed by atoms with Crippen LogP contribution < -0.4 is 18.9 Å². The molecule has 0 aliphatic carbocycles. The van der Waals surface area contributed by atoms with Gasteiger partial charge in [0.1, 0.15) is 6.10 Å².